The van der Waals surface area contributed by atoms with E-state index in [1.165, 1.54) is 0 Å². The molecule has 0 radical (unpaired) electrons. The summed E-state index contributed by atoms with van der Waals surface area (Å²) in [5.74, 6) is 0. The first-order chi connectivity index (χ1) is 6.23. The molecule has 2 nitrogen and oxygen atoms in total. The van der Waals surface area contributed by atoms with Crippen molar-refractivity contribution in [3.8, 4) is 0 Å². The maximum Gasteiger partial charge on any atom is 0.187 e. The number of fused-ring (bicyclic) bond motifs is 1. The lowest BCUT2D eigenvalue weighted by Gasteiger charge is -2.24. The summed E-state index contributed by atoms with van der Waals surface area (Å²) in [7, 11) is 0. The molecule has 1 heterocycles. The maximum atomic E-state index is 10.6. The van der Waals surface area contributed by atoms with E-state index < -0.39 is 5.00 Å². The highest BCUT2D eigenvalue weighted by molar-refractivity contribution is 6.35. The van der Waals surface area contributed by atoms with Gasteiger partial charge in [-0.1, -0.05) is 35.9 Å². The van der Waals surface area contributed by atoms with Crippen LogP contribution in [-0.2, 0) is 4.79 Å². The minimum atomic E-state index is -1.08. The predicted molar refractivity (Wildman–Crippen MR) is 53.7 cm³/mol. The lowest BCUT2D eigenvalue weighted by molar-refractivity contribution is -0.108. The van der Waals surface area contributed by atoms with Crippen LogP contribution in [0.15, 0.2) is 30.3 Å². The first-order valence-corrected chi connectivity index (χ1v) is 4.33. The SMILES string of the molecule is O=CC1(Cl)C=Cc2ccccc2N1. The molecule has 0 amide bonds. The Hall–Kier alpha value is -1.28. The third kappa shape index (κ3) is 1.45. The van der Waals surface area contributed by atoms with Crippen LogP contribution in [0.2, 0.25) is 0 Å². The summed E-state index contributed by atoms with van der Waals surface area (Å²) in [5, 5.41) is 2.93. The predicted octanol–water partition coefficient (Wildman–Crippen LogP) is 2.26. The number of carbonyl (C=O) groups is 1. The normalized spacial score (nSPS) is 24.7. The third-order valence-corrected chi connectivity index (χ3v) is 2.27. The number of rotatable bonds is 1. The average molecular weight is 194 g/mol. The number of hydrogen-bond acceptors (Lipinski definition) is 2. The van der Waals surface area contributed by atoms with Gasteiger partial charge in [-0.15, -0.1) is 0 Å². The van der Waals surface area contributed by atoms with Gasteiger partial charge in [0.2, 0.25) is 0 Å². The fourth-order valence-electron chi connectivity index (χ4n) is 1.28. The molecule has 0 spiro atoms. The van der Waals surface area contributed by atoms with Crippen LogP contribution in [0.5, 0.6) is 0 Å². The highest BCUT2D eigenvalue weighted by Gasteiger charge is 2.26. The van der Waals surface area contributed by atoms with Crippen LogP contribution >= 0.6 is 11.6 Å². The summed E-state index contributed by atoms with van der Waals surface area (Å²) >= 11 is 5.92. The van der Waals surface area contributed by atoms with Crippen LogP contribution < -0.4 is 5.32 Å². The van der Waals surface area contributed by atoms with E-state index in [0.717, 1.165) is 11.3 Å². The van der Waals surface area contributed by atoms with E-state index in [4.69, 9.17) is 11.6 Å². The van der Waals surface area contributed by atoms with Crippen molar-refractivity contribution in [2.24, 2.45) is 0 Å². The summed E-state index contributed by atoms with van der Waals surface area (Å²) in [6.07, 6.45) is 4.16. The fourth-order valence-corrected chi connectivity index (χ4v) is 1.45. The summed E-state index contributed by atoms with van der Waals surface area (Å²) in [6, 6.07) is 7.68. The Balaban J connectivity index is 2.44. The Kier molecular flexibility index (Phi) is 1.85. The molecule has 66 valence electrons. The van der Waals surface area contributed by atoms with Crippen molar-refractivity contribution in [1.82, 2.24) is 0 Å². The van der Waals surface area contributed by atoms with Crippen molar-refractivity contribution in [1.29, 1.82) is 0 Å². The molecular weight excluding hydrogens is 186 g/mol. The van der Waals surface area contributed by atoms with E-state index in [1.54, 1.807) is 6.08 Å². The number of halogens is 1. The lowest BCUT2D eigenvalue weighted by atomic mass is 10.1. The van der Waals surface area contributed by atoms with Gasteiger partial charge in [0, 0.05) is 5.69 Å². The fraction of sp³-hybridized carbons (Fsp3) is 0.100. The van der Waals surface area contributed by atoms with Gasteiger partial charge in [-0.2, -0.15) is 0 Å². The number of para-hydroxylation sites is 1. The van der Waals surface area contributed by atoms with Crippen LogP contribution in [-0.4, -0.2) is 11.3 Å². The van der Waals surface area contributed by atoms with Crippen LogP contribution in [0.4, 0.5) is 5.69 Å². The molecule has 1 atom stereocenters. The van der Waals surface area contributed by atoms with Crippen LogP contribution in [0.1, 0.15) is 5.56 Å². The van der Waals surface area contributed by atoms with Gasteiger partial charge in [0.1, 0.15) is 0 Å². The van der Waals surface area contributed by atoms with E-state index in [9.17, 15) is 4.79 Å². The van der Waals surface area contributed by atoms with Crippen molar-refractivity contribution in [2.75, 3.05) is 5.32 Å². The van der Waals surface area contributed by atoms with Gasteiger partial charge in [-0.05, 0) is 17.7 Å². The first kappa shape index (κ1) is 8.32. The molecule has 0 saturated heterocycles. The number of aldehydes is 1. The zero-order chi connectivity index (χ0) is 9.31. The molecular formula is C10H8ClNO. The molecule has 0 bridgehead atoms. The largest absolute Gasteiger partial charge is 0.357 e. The number of hydrogen-bond donors (Lipinski definition) is 1. The summed E-state index contributed by atoms with van der Waals surface area (Å²) in [6.45, 7) is 0. The monoisotopic (exact) mass is 193 g/mol. The molecule has 3 heteroatoms. The van der Waals surface area contributed by atoms with Crippen molar-refractivity contribution < 1.29 is 4.79 Å². The summed E-state index contributed by atoms with van der Waals surface area (Å²) in [5.41, 5.74) is 1.92. The van der Waals surface area contributed by atoms with Crippen molar-refractivity contribution >= 4 is 29.7 Å². The van der Waals surface area contributed by atoms with E-state index >= 15 is 0 Å². The van der Waals surface area contributed by atoms with Crippen LogP contribution in [0.25, 0.3) is 6.08 Å². The van der Waals surface area contributed by atoms with E-state index in [0.29, 0.717) is 6.29 Å². The van der Waals surface area contributed by atoms with Crippen molar-refractivity contribution in [3.63, 3.8) is 0 Å². The van der Waals surface area contributed by atoms with Gasteiger partial charge in [0.05, 0.1) is 0 Å². The zero-order valence-electron chi connectivity index (χ0n) is 6.83. The van der Waals surface area contributed by atoms with Gasteiger partial charge >= 0.3 is 0 Å². The minimum absolute atomic E-state index is 0.682. The van der Waals surface area contributed by atoms with Crippen LogP contribution in [0, 0.1) is 0 Å². The molecule has 1 N–H and O–H groups in total. The first-order valence-electron chi connectivity index (χ1n) is 3.95. The Morgan fingerprint density at radius 2 is 2.15 bits per heavy atom. The Morgan fingerprint density at radius 3 is 2.92 bits per heavy atom. The van der Waals surface area contributed by atoms with Crippen molar-refractivity contribution in [2.45, 2.75) is 5.00 Å². The molecule has 1 aliphatic heterocycles. The number of alkyl halides is 1. The van der Waals surface area contributed by atoms with Gasteiger partial charge in [-0.25, -0.2) is 0 Å². The lowest BCUT2D eigenvalue weighted by Crippen LogP contribution is -2.33. The molecule has 0 saturated carbocycles. The highest BCUT2D eigenvalue weighted by atomic mass is 35.5. The van der Waals surface area contributed by atoms with Crippen LogP contribution in [0.3, 0.4) is 0 Å². The summed E-state index contributed by atoms with van der Waals surface area (Å²) in [4.78, 5) is 9.57. The number of carbonyl (C=O) groups excluding carboxylic acids is 1. The van der Waals surface area contributed by atoms with Crippen molar-refractivity contribution in [3.05, 3.63) is 35.9 Å². The quantitative estimate of drug-likeness (QED) is 0.421. The van der Waals surface area contributed by atoms with E-state index in [2.05, 4.69) is 5.32 Å². The number of anilines is 1. The Morgan fingerprint density at radius 1 is 1.38 bits per heavy atom. The second kappa shape index (κ2) is 2.89. The highest BCUT2D eigenvalue weighted by Crippen LogP contribution is 2.29. The molecule has 13 heavy (non-hydrogen) atoms. The van der Waals surface area contributed by atoms with Gasteiger partial charge in [0.15, 0.2) is 11.3 Å². The smallest absolute Gasteiger partial charge is 0.187 e. The summed E-state index contributed by atoms with van der Waals surface area (Å²) < 4.78 is 0. The molecule has 1 unspecified atom stereocenters. The molecule has 0 aliphatic carbocycles. The van der Waals surface area contributed by atoms with Gasteiger partial charge < -0.3 is 5.32 Å². The molecule has 1 aromatic rings. The topological polar surface area (TPSA) is 29.1 Å². The van der Waals surface area contributed by atoms with Gasteiger partial charge in [0.25, 0.3) is 0 Å². The van der Waals surface area contributed by atoms with Gasteiger partial charge in [-0.3, -0.25) is 4.79 Å². The third-order valence-electron chi connectivity index (χ3n) is 1.96. The zero-order valence-corrected chi connectivity index (χ0v) is 7.58. The average Bonchev–Trinajstić information content (AvgIpc) is 2.18. The molecule has 0 aromatic heterocycles. The molecule has 0 fully saturated rings. The maximum absolute atomic E-state index is 10.6. The Bertz CT molecular complexity index is 375. The Labute approximate surface area is 81.2 Å². The number of benzene rings is 1. The molecule has 1 aromatic carbocycles. The van der Waals surface area contributed by atoms with E-state index in [-0.39, 0.29) is 0 Å². The minimum Gasteiger partial charge on any atom is -0.357 e. The second-order valence-corrected chi connectivity index (χ2v) is 3.56. The molecule has 2 rings (SSSR count). The number of nitrogens with one attached hydrogen (secondary N) is 1. The second-order valence-electron chi connectivity index (χ2n) is 2.93. The molecule has 1 aliphatic rings. The van der Waals surface area contributed by atoms with E-state index in [1.807, 2.05) is 30.3 Å². The standard InChI is InChI=1S/C10H8ClNO/c11-10(7-13)6-5-8-3-1-2-4-9(8)12-10/h1-7,12H.